The number of rotatable bonds is 6. The Morgan fingerprint density at radius 3 is 1.47 bits per heavy atom. The van der Waals surface area contributed by atoms with Crippen molar-refractivity contribution in [1.29, 1.82) is 0 Å². The summed E-state index contributed by atoms with van der Waals surface area (Å²) in [5.41, 5.74) is 12.1. The topological polar surface area (TPSA) is 172 Å². The number of hydrogen-bond donors (Lipinski definition) is 4. The van der Waals surface area contributed by atoms with Gasteiger partial charge in [0.2, 0.25) is 0 Å². The minimum absolute atomic E-state index is 0. The van der Waals surface area contributed by atoms with Crippen molar-refractivity contribution in [2.75, 3.05) is 27.9 Å². The Morgan fingerprint density at radius 2 is 0.929 bits per heavy atom. The van der Waals surface area contributed by atoms with E-state index in [9.17, 15) is 0 Å². The molecule has 11 nitrogen and oxygen atoms in total. The van der Waals surface area contributed by atoms with Gasteiger partial charge in [0.05, 0.1) is 5.69 Å². The molecule has 0 aliphatic carbocycles. The molecule has 0 unspecified atom stereocenters. The Labute approximate surface area is 531 Å². The third kappa shape index (κ3) is 16.9. The number of thiophene rings is 2. The summed E-state index contributed by atoms with van der Waals surface area (Å²) in [6.45, 7) is 10.8. The Morgan fingerprint density at radius 1 is 0.459 bits per heavy atom. The smallest absolute Gasteiger partial charge is 0.157 e. The van der Waals surface area contributed by atoms with E-state index in [4.69, 9.17) is 29.5 Å². The first-order chi connectivity index (χ1) is 40.8. The number of fused-ring (bicyclic) bond motifs is 8. The fraction of sp³-hybridized carbons (Fsp3) is 0.157. The molecule has 85 heavy (non-hydrogen) atoms. The number of aliphatic hydroxyl groups is 4. The predicted molar refractivity (Wildman–Crippen MR) is 344 cm³/mol. The van der Waals surface area contributed by atoms with Crippen LogP contribution in [-0.4, -0.2) is 73.6 Å². The molecular formula is C70H66Ir2N5O6S2-3. The van der Waals surface area contributed by atoms with Gasteiger partial charge in [-0.15, -0.1) is 99.0 Å². The molecule has 0 atom stereocenters. The number of para-hydroxylation sites is 2. The predicted octanol–water partition coefficient (Wildman–Crippen LogP) is 17.1. The van der Waals surface area contributed by atoms with E-state index in [0.717, 1.165) is 82.7 Å². The number of benzene rings is 7. The second-order valence-corrected chi connectivity index (χ2v) is 20.6. The van der Waals surface area contributed by atoms with Crippen LogP contribution in [0.25, 0.3) is 107 Å². The van der Waals surface area contributed by atoms with Crippen LogP contribution in [-0.2, 0) is 40.2 Å². The van der Waals surface area contributed by atoms with Gasteiger partial charge in [-0.25, -0.2) is 0 Å². The first kappa shape index (κ1) is 68.3. The first-order valence-electron chi connectivity index (χ1n) is 26.9. The van der Waals surface area contributed by atoms with Gasteiger partial charge in [0.1, 0.15) is 0 Å². The van der Waals surface area contributed by atoms with Crippen LogP contribution >= 0.6 is 22.7 Å². The van der Waals surface area contributed by atoms with Gasteiger partial charge >= 0.3 is 0 Å². The molecule has 14 rings (SSSR count). The van der Waals surface area contributed by atoms with Crippen LogP contribution in [0.15, 0.2) is 216 Å². The number of aliphatic hydroxyl groups excluding tert-OH is 4. The van der Waals surface area contributed by atoms with Crippen LogP contribution in [0.1, 0.15) is 57.6 Å². The Kier molecular flexibility index (Phi) is 28.2. The van der Waals surface area contributed by atoms with Gasteiger partial charge in [0, 0.05) is 133 Å². The molecule has 4 N–H and O–H groups in total. The minimum Gasteiger partial charge on any atom is -0.400 e. The Balaban J connectivity index is 0.000000199. The quantitative estimate of drug-likeness (QED) is 0.117. The van der Waals surface area contributed by atoms with Crippen LogP contribution in [0.5, 0.6) is 0 Å². The Hall–Kier alpha value is -7.49. The number of hydrogen-bond acceptors (Lipinski definition) is 13. The largest absolute Gasteiger partial charge is 0.400 e. The zero-order chi connectivity index (χ0) is 59.1. The van der Waals surface area contributed by atoms with Crippen LogP contribution in [0.4, 0.5) is 0 Å². The van der Waals surface area contributed by atoms with E-state index in [2.05, 4.69) is 168 Å². The van der Waals surface area contributed by atoms with E-state index in [1.807, 2.05) is 126 Å². The summed E-state index contributed by atoms with van der Waals surface area (Å²) in [5.74, 6) is 1.02. The summed E-state index contributed by atoms with van der Waals surface area (Å²) < 4.78 is 15.7. The molecule has 2 radical (unpaired) electrons. The molecule has 7 heterocycles. The number of nitrogens with zero attached hydrogens (tertiary/aromatic N) is 5. The third-order valence-corrected chi connectivity index (χ3v) is 15.2. The Bertz CT molecular complexity index is 3960. The molecule has 14 aromatic rings. The first-order valence-corrected chi connectivity index (χ1v) is 28.5. The number of aromatic nitrogens is 5. The zero-order valence-corrected chi connectivity index (χ0v) is 54.7. The normalized spacial score (nSPS) is 10.2. The van der Waals surface area contributed by atoms with Gasteiger partial charge in [-0.05, 0) is 88.8 Å². The van der Waals surface area contributed by atoms with Gasteiger partial charge in [-0.1, -0.05) is 142 Å². The van der Waals surface area contributed by atoms with Gasteiger partial charge in [-0.2, -0.15) is 11.3 Å². The summed E-state index contributed by atoms with van der Waals surface area (Å²) in [7, 11) is 3.00. The van der Waals surface area contributed by atoms with Crippen LogP contribution in [0.3, 0.4) is 0 Å². The zero-order valence-electron chi connectivity index (χ0n) is 48.3. The average molecular weight is 1520 g/mol. The van der Waals surface area contributed by atoms with E-state index in [1.54, 1.807) is 13.1 Å². The third-order valence-electron chi connectivity index (χ3n) is 12.8. The van der Waals surface area contributed by atoms with Crippen molar-refractivity contribution >= 4 is 85.0 Å². The van der Waals surface area contributed by atoms with Crippen molar-refractivity contribution in [1.82, 2.24) is 25.3 Å². The fourth-order valence-corrected chi connectivity index (χ4v) is 11.3. The van der Waals surface area contributed by atoms with Gasteiger partial charge in [-0.3, -0.25) is 4.98 Å². The van der Waals surface area contributed by atoms with E-state index in [0.29, 0.717) is 11.8 Å². The summed E-state index contributed by atoms with van der Waals surface area (Å²) in [4.78, 5) is 13.1. The molecule has 0 aliphatic heterocycles. The van der Waals surface area contributed by atoms with Crippen LogP contribution < -0.4 is 0 Å². The van der Waals surface area contributed by atoms with Crippen molar-refractivity contribution < 1.29 is 69.7 Å². The van der Waals surface area contributed by atoms with Crippen LogP contribution in [0, 0.1) is 18.3 Å². The van der Waals surface area contributed by atoms with E-state index in [-0.39, 0.29) is 46.8 Å². The summed E-state index contributed by atoms with van der Waals surface area (Å²) in [6.07, 6.45) is 8.41. The summed E-state index contributed by atoms with van der Waals surface area (Å²) in [6, 6.07) is 70.2. The van der Waals surface area contributed by atoms with Crippen molar-refractivity contribution in [3.05, 3.63) is 236 Å². The maximum absolute atomic E-state index is 7.57. The minimum atomic E-state index is 0. The maximum atomic E-state index is 7.57. The fourth-order valence-electron chi connectivity index (χ4n) is 8.88. The molecule has 0 fully saturated rings. The molecule has 0 bridgehead atoms. The molecule has 0 saturated carbocycles. The van der Waals surface area contributed by atoms with E-state index < -0.39 is 0 Å². The molecule has 15 heteroatoms. The van der Waals surface area contributed by atoms with Gasteiger partial charge < -0.3 is 39.4 Å². The van der Waals surface area contributed by atoms with Crippen LogP contribution in [0.2, 0.25) is 0 Å². The molecular weight excluding hydrogens is 1460 g/mol. The van der Waals surface area contributed by atoms with E-state index >= 15 is 0 Å². The standard InChI is InChI=1S/C20H17NS.C20H16NS.C13H8NO.C12H7N2O.C2H6O.3CH4O.2Ir/c2*1-13(2)14-10-11-21-18(12-14)17-8-5-7-16-15-6-3-4-9-19(15)22-20(16)17;1-2-6-10(7-3-1)13-11-8-4-5-9-12(11)15-14-13;1-2-6-11-10(5-1)12(14-15-11)9-4-3-7-13-8-9;1-2-3;3*1-2;;/h3-13H,1-2H3;3-7,9-13H,1-2H3;1-6,8-9H;1-7H;3H,2H2,1H3;3*2H,1H3;;/q;3*-1;;;;;;. The van der Waals surface area contributed by atoms with Crippen molar-refractivity contribution in [2.45, 2.75) is 46.5 Å². The molecule has 7 aromatic carbocycles. The second-order valence-electron chi connectivity index (χ2n) is 18.5. The molecule has 0 aliphatic rings. The SMILES string of the molecule is CC(C)c1ccnc(-c2[c-]ccc3c2sc2ccccc23)c1.CC(C)c1ccnc(-c2cccc3c2sc2ccccc23)c1.CCO.CO.CO.CO.[Ir].[Ir].[c-]1ccccc1-c1noc2ccccc12.[c-]1ncccc1-c1noc2ccccc12. The van der Waals surface area contributed by atoms with Crippen molar-refractivity contribution in [3.63, 3.8) is 0 Å². The van der Waals surface area contributed by atoms with Gasteiger partial charge in [0.15, 0.2) is 11.2 Å². The molecule has 0 spiro atoms. The summed E-state index contributed by atoms with van der Waals surface area (Å²) in [5, 5.41) is 43.9. The van der Waals surface area contributed by atoms with Crippen molar-refractivity contribution in [3.8, 4) is 45.0 Å². The second kappa shape index (κ2) is 35.1. The molecule has 7 aromatic heterocycles. The number of pyridine rings is 3. The molecule has 440 valence electrons. The average Bonchev–Trinajstić information content (AvgIpc) is 3.11. The van der Waals surface area contributed by atoms with E-state index in [1.165, 1.54) is 57.0 Å². The molecule has 0 saturated heterocycles. The summed E-state index contributed by atoms with van der Waals surface area (Å²) >= 11 is 3.68. The molecule has 0 amide bonds. The monoisotopic (exact) mass is 1520 g/mol. The van der Waals surface area contributed by atoms with Gasteiger partial charge in [0.25, 0.3) is 0 Å². The van der Waals surface area contributed by atoms with Crippen molar-refractivity contribution in [2.24, 2.45) is 0 Å². The maximum Gasteiger partial charge on any atom is 0.157 e.